The lowest BCUT2D eigenvalue weighted by Crippen LogP contribution is -2.38. The van der Waals surface area contributed by atoms with Crippen LogP contribution in [-0.2, 0) is 9.47 Å². The van der Waals surface area contributed by atoms with Crippen LogP contribution in [0.5, 0.6) is 0 Å². The van der Waals surface area contributed by atoms with Crippen LogP contribution in [0.2, 0.25) is 0 Å². The Hall–Kier alpha value is -0.770. The van der Waals surface area contributed by atoms with Crippen molar-refractivity contribution in [3.8, 4) is 0 Å². The van der Waals surface area contributed by atoms with Crippen LogP contribution in [0.4, 0.5) is 4.79 Å². The molecule has 1 N–H and O–H groups in total. The molecule has 94 valence electrons. The van der Waals surface area contributed by atoms with Gasteiger partial charge in [0.05, 0.1) is 12.2 Å². The van der Waals surface area contributed by atoms with E-state index in [1.54, 1.807) is 0 Å². The van der Waals surface area contributed by atoms with Crippen molar-refractivity contribution in [2.75, 3.05) is 6.54 Å². The van der Waals surface area contributed by atoms with Crippen LogP contribution in [0.25, 0.3) is 0 Å². The molecule has 0 spiro atoms. The van der Waals surface area contributed by atoms with Gasteiger partial charge in [-0.25, -0.2) is 4.79 Å². The number of carbonyl (C=O) groups is 1. The molecule has 0 radical (unpaired) electrons. The van der Waals surface area contributed by atoms with E-state index in [0.29, 0.717) is 12.6 Å². The molecule has 4 heteroatoms. The van der Waals surface area contributed by atoms with E-state index in [-0.39, 0.29) is 12.2 Å². The molecule has 0 heterocycles. The SMILES string of the molecule is C[C@H](CNC(=O)OC(C)(C)C)OC1CCC1. The minimum absolute atomic E-state index is 0.0535. The van der Waals surface area contributed by atoms with Gasteiger partial charge < -0.3 is 14.8 Å². The molecule has 0 saturated heterocycles. The van der Waals surface area contributed by atoms with Gasteiger partial charge in [0.15, 0.2) is 0 Å². The van der Waals surface area contributed by atoms with Gasteiger partial charge in [-0.05, 0) is 47.0 Å². The lowest BCUT2D eigenvalue weighted by Gasteiger charge is -2.29. The van der Waals surface area contributed by atoms with Gasteiger partial charge in [-0.15, -0.1) is 0 Å². The molecule has 0 aromatic rings. The largest absolute Gasteiger partial charge is 0.444 e. The smallest absolute Gasteiger partial charge is 0.407 e. The van der Waals surface area contributed by atoms with Gasteiger partial charge in [-0.3, -0.25) is 0 Å². The van der Waals surface area contributed by atoms with Crippen LogP contribution in [0, 0.1) is 0 Å². The van der Waals surface area contributed by atoms with E-state index in [1.807, 2.05) is 27.7 Å². The van der Waals surface area contributed by atoms with E-state index in [4.69, 9.17) is 9.47 Å². The molecule has 0 aliphatic heterocycles. The summed E-state index contributed by atoms with van der Waals surface area (Å²) in [6.07, 6.45) is 3.63. The van der Waals surface area contributed by atoms with Crippen LogP contribution >= 0.6 is 0 Å². The average Bonchev–Trinajstić information content (AvgIpc) is 2.05. The third-order valence-corrected chi connectivity index (χ3v) is 2.41. The Morgan fingerprint density at radius 2 is 2.06 bits per heavy atom. The molecular weight excluding hydrogens is 206 g/mol. The molecular formula is C12H23NO3. The number of alkyl carbamates (subject to hydrolysis) is 1. The van der Waals surface area contributed by atoms with Crippen LogP contribution in [0.1, 0.15) is 47.0 Å². The summed E-state index contributed by atoms with van der Waals surface area (Å²) in [5.74, 6) is 0. The van der Waals surface area contributed by atoms with Gasteiger partial charge in [0, 0.05) is 6.54 Å². The topological polar surface area (TPSA) is 47.6 Å². The Morgan fingerprint density at radius 1 is 1.44 bits per heavy atom. The Kier molecular flexibility index (Phi) is 4.59. The summed E-state index contributed by atoms with van der Waals surface area (Å²) in [6, 6.07) is 0. The molecule has 1 fully saturated rings. The first-order valence-corrected chi connectivity index (χ1v) is 5.99. The van der Waals surface area contributed by atoms with Crippen molar-refractivity contribution >= 4 is 6.09 Å². The molecule has 16 heavy (non-hydrogen) atoms. The number of rotatable bonds is 4. The first-order chi connectivity index (χ1) is 7.37. The van der Waals surface area contributed by atoms with Gasteiger partial charge in [0.1, 0.15) is 5.60 Å². The maximum Gasteiger partial charge on any atom is 0.407 e. The fourth-order valence-electron chi connectivity index (χ4n) is 1.42. The zero-order valence-electron chi connectivity index (χ0n) is 10.7. The van der Waals surface area contributed by atoms with Crippen molar-refractivity contribution in [1.29, 1.82) is 0 Å². The number of amides is 1. The number of carbonyl (C=O) groups excluding carboxylic acids is 1. The van der Waals surface area contributed by atoms with Crippen molar-refractivity contribution < 1.29 is 14.3 Å². The van der Waals surface area contributed by atoms with E-state index in [0.717, 1.165) is 12.8 Å². The molecule has 0 aromatic heterocycles. The zero-order valence-corrected chi connectivity index (χ0v) is 10.7. The van der Waals surface area contributed by atoms with E-state index >= 15 is 0 Å². The third kappa shape index (κ3) is 5.35. The molecule has 1 aliphatic carbocycles. The first-order valence-electron chi connectivity index (χ1n) is 5.99. The molecule has 1 rings (SSSR count). The van der Waals surface area contributed by atoms with Crippen molar-refractivity contribution in [1.82, 2.24) is 5.32 Å². The average molecular weight is 229 g/mol. The van der Waals surface area contributed by atoms with Crippen LogP contribution in [-0.4, -0.2) is 30.4 Å². The molecule has 4 nitrogen and oxygen atoms in total. The summed E-state index contributed by atoms with van der Waals surface area (Å²) >= 11 is 0. The third-order valence-electron chi connectivity index (χ3n) is 2.41. The standard InChI is InChI=1S/C12H23NO3/c1-9(15-10-6-5-7-10)8-13-11(14)16-12(2,3)4/h9-10H,5-8H2,1-4H3,(H,13,14)/t9-/m1/s1. The summed E-state index contributed by atoms with van der Waals surface area (Å²) in [5.41, 5.74) is -0.442. The van der Waals surface area contributed by atoms with Crippen molar-refractivity contribution in [2.45, 2.75) is 64.8 Å². The highest BCUT2D eigenvalue weighted by Crippen LogP contribution is 2.22. The Labute approximate surface area is 97.7 Å². The molecule has 1 atom stereocenters. The molecule has 0 bridgehead atoms. The van der Waals surface area contributed by atoms with Gasteiger partial charge in [0.25, 0.3) is 0 Å². The predicted octanol–water partition coefficient (Wildman–Crippen LogP) is 2.47. The lowest BCUT2D eigenvalue weighted by molar-refractivity contribution is -0.0426. The molecule has 1 amide bonds. The quantitative estimate of drug-likeness (QED) is 0.805. The molecule has 1 saturated carbocycles. The van der Waals surface area contributed by atoms with Gasteiger partial charge in [0.2, 0.25) is 0 Å². The summed E-state index contributed by atoms with van der Waals surface area (Å²) in [5, 5.41) is 2.71. The van der Waals surface area contributed by atoms with E-state index in [2.05, 4.69) is 5.32 Å². The normalized spacial score (nSPS) is 18.8. The molecule has 1 aliphatic rings. The second-order valence-corrected chi connectivity index (χ2v) is 5.38. The second-order valence-electron chi connectivity index (χ2n) is 5.38. The summed E-state index contributed by atoms with van der Waals surface area (Å²) < 4.78 is 10.8. The van der Waals surface area contributed by atoms with Crippen molar-refractivity contribution in [3.63, 3.8) is 0 Å². The van der Waals surface area contributed by atoms with E-state index in [9.17, 15) is 4.79 Å². The highest BCUT2D eigenvalue weighted by Gasteiger charge is 2.21. The highest BCUT2D eigenvalue weighted by molar-refractivity contribution is 5.67. The number of nitrogens with one attached hydrogen (secondary N) is 1. The second kappa shape index (κ2) is 5.53. The summed E-state index contributed by atoms with van der Waals surface area (Å²) in [4.78, 5) is 11.3. The van der Waals surface area contributed by atoms with Gasteiger partial charge in [-0.1, -0.05) is 0 Å². The van der Waals surface area contributed by atoms with Crippen molar-refractivity contribution in [3.05, 3.63) is 0 Å². The Morgan fingerprint density at radius 3 is 2.50 bits per heavy atom. The minimum Gasteiger partial charge on any atom is -0.444 e. The predicted molar refractivity (Wildman–Crippen MR) is 62.4 cm³/mol. The number of hydrogen-bond acceptors (Lipinski definition) is 3. The van der Waals surface area contributed by atoms with Crippen LogP contribution in [0.3, 0.4) is 0 Å². The maximum atomic E-state index is 11.3. The number of hydrogen-bond donors (Lipinski definition) is 1. The number of ether oxygens (including phenoxy) is 2. The van der Waals surface area contributed by atoms with Crippen LogP contribution in [0.15, 0.2) is 0 Å². The monoisotopic (exact) mass is 229 g/mol. The first kappa shape index (κ1) is 13.3. The Balaban J connectivity index is 2.10. The minimum atomic E-state index is -0.442. The molecule has 0 unspecified atom stereocenters. The fraction of sp³-hybridized carbons (Fsp3) is 0.917. The zero-order chi connectivity index (χ0) is 12.2. The maximum absolute atomic E-state index is 11.3. The van der Waals surface area contributed by atoms with Gasteiger partial charge in [-0.2, -0.15) is 0 Å². The van der Waals surface area contributed by atoms with Crippen molar-refractivity contribution in [2.24, 2.45) is 0 Å². The van der Waals surface area contributed by atoms with Gasteiger partial charge >= 0.3 is 6.09 Å². The Bertz CT molecular complexity index is 231. The molecule has 0 aromatic carbocycles. The fourth-order valence-corrected chi connectivity index (χ4v) is 1.42. The summed E-state index contributed by atoms with van der Waals surface area (Å²) in [6.45, 7) is 8.02. The van der Waals surface area contributed by atoms with E-state index < -0.39 is 5.60 Å². The lowest BCUT2D eigenvalue weighted by atomic mass is 9.96. The van der Waals surface area contributed by atoms with E-state index in [1.165, 1.54) is 6.42 Å². The van der Waals surface area contributed by atoms with Crippen LogP contribution < -0.4 is 5.32 Å². The summed E-state index contributed by atoms with van der Waals surface area (Å²) in [7, 11) is 0. The highest BCUT2D eigenvalue weighted by atomic mass is 16.6.